The Hall–Kier alpha value is -1.69. The molecule has 1 fully saturated rings. The molecule has 0 aliphatic carbocycles. The highest BCUT2D eigenvalue weighted by Gasteiger charge is 2.29. The molecule has 5 nitrogen and oxygen atoms in total. The van der Waals surface area contributed by atoms with Crippen molar-refractivity contribution in [2.24, 2.45) is 0 Å². The van der Waals surface area contributed by atoms with E-state index in [1.165, 1.54) is 17.8 Å². The number of carbonyl (C=O) groups is 1. The van der Waals surface area contributed by atoms with Crippen molar-refractivity contribution in [2.45, 2.75) is 59.9 Å². The Bertz CT molecular complexity index is 781. The van der Waals surface area contributed by atoms with Gasteiger partial charge in [0.1, 0.15) is 16.5 Å². The summed E-state index contributed by atoms with van der Waals surface area (Å²) >= 11 is 1.53. The van der Waals surface area contributed by atoms with Crippen molar-refractivity contribution >= 4 is 33.3 Å². The molecule has 25 heavy (non-hydrogen) atoms. The van der Waals surface area contributed by atoms with Gasteiger partial charge in [0, 0.05) is 25.7 Å². The molecule has 2 aromatic heterocycles. The summed E-state index contributed by atoms with van der Waals surface area (Å²) in [6.07, 6.45) is 3.41. The smallest absolute Gasteiger partial charge is 0.264 e. The van der Waals surface area contributed by atoms with Crippen LogP contribution in [0, 0.1) is 13.8 Å². The molecule has 0 radical (unpaired) electrons. The number of fused-ring (bicyclic) bond motifs is 1. The molecular weight excluding hydrogens is 332 g/mol. The quantitative estimate of drug-likeness (QED) is 0.821. The van der Waals surface area contributed by atoms with E-state index in [4.69, 9.17) is 4.98 Å². The maximum Gasteiger partial charge on any atom is 0.264 e. The number of thiophene rings is 1. The normalized spacial score (nSPS) is 18.0. The fourth-order valence-corrected chi connectivity index (χ4v) is 4.88. The van der Waals surface area contributed by atoms with Crippen LogP contribution in [0.2, 0.25) is 0 Å². The van der Waals surface area contributed by atoms with Crippen molar-refractivity contribution in [1.82, 2.24) is 14.9 Å². The minimum absolute atomic E-state index is 0.163. The zero-order chi connectivity index (χ0) is 18.1. The number of aromatic nitrogens is 2. The van der Waals surface area contributed by atoms with Gasteiger partial charge in [-0.1, -0.05) is 0 Å². The van der Waals surface area contributed by atoms with Crippen LogP contribution in [0.25, 0.3) is 10.2 Å². The van der Waals surface area contributed by atoms with Gasteiger partial charge in [-0.3, -0.25) is 4.79 Å². The summed E-state index contributed by atoms with van der Waals surface area (Å²) < 4.78 is 0. The standard InChI is InChI=1S/C19H28N4OS/c1-6-22(7-2)17-15-13(4)16(25-18(15)21-14(5)20-17)19(24)23-11-9-8-10-12(23)3/h12H,6-11H2,1-5H3. The third kappa shape index (κ3) is 3.24. The van der Waals surface area contributed by atoms with Crippen molar-refractivity contribution in [3.8, 4) is 0 Å². The monoisotopic (exact) mass is 360 g/mol. The van der Waals surface area contributed by atoms with E-state index in [0.29, 0.717) is 6.04 Å². The lowest BCUT2D eigenvalue weighted by atomic mass is 10.0. The minimum atomic E-state index is 0.163. The zero-order valence-corrected chi connectivity index (χ0v) is 16.7. The molecule has 2 aromatic rings. The van der Waals surface area contributed by atoms with Crippen molar-refractivity contribution < 1.29 is 4.79 Å². The topological polar surface area (TPSA) is 49.3 Å². The van der Waals surface area contributed by atoms with E-state index in [1.807, 2.05) is 18.7 Å². The van der Waals surface area contributed by atoms with Crippen LogP contribution in [0.4, 0.5) is 5.82 Å². The van der Waals surface area contributed by atoms with Crippen molar-refractivity contribution in [3.63, 3.8) is 0 Å². The Labute approximate surface area is 154 Å². The number of carbonyl (C=O) groups excluding carboxylic acids is 1. The Morgan fingerprint density at radius 1 is 1.24 bits per heavy atom. The first-order chi connectivity index (χ1) is 12.0. The molecule has 1 unspecified atom stereocenters. The maximum absolute atomic E-state index is 13.2. The number of hydrogen-bond acceptors (Lipinski definition) is 5. The first-order valence-corrected chi connectivity index (χ1v) is 10.1. The molecule has 1 aliphatic heterocycles. The van der Waals surface area contributed by atoms with Gasteiger partial charge in [-0.2, -0.15) is 0 Å². The molecule has 1 atom stereocenters. The van der Waals surface area contributed by atoms with Gasteiger partial charge in [-0.05, 0) is 59.4 Å². The summed E-state index contributed by atoms with van der Waals surface area (Å²) in [5, 5.41) is 1.05. The summed E-state index contributed by atoms with van der Waals surface area (Å²) in [5.41, 5.74) is 1.03. The third-order valence-electron chi connectivity index (χ3n) is 5.20. The van der Waals surface area contributed by atoms with Gasteiger partial charge < -0.3 is 9.80 Å². The Balaban J connectivity index is 2.10. The van der Waals surface area contributed by atoms with Gasteiger partial charge in [-0.15, -0.1) is 11.3 Å². The second-order valence-corrected chi connectivity index (χ2v) is 7.85. The van der Waals surface area contributed by atoms with Gasteiger partial charge in [0.2, 0.25) is 0 Å². The van der Waals surface area contributed by atoms with Crippen LogP contribution in [-0.4, -0.2) is 46.5 Å². The van der Waals surface area contributed by atoms with Crippen LogP contribution >= 0.6 is 11.3 Å². The maximum atomic E-state index is 13.2. The highest BCUT2D eigenvalue weighted by molar-refractivity contribution is 7.20. The number of nitrogens with zero attached hydrogens (tertiary/aromatic N) is 4. The Morgan fingerprint density at radius 3 is 2.60 bits per heavy atom. The van der Waals surface area contributed by atoms with E-state index in [1.54, 1.807) is 0 Å². The fourth-order valence-electron chi connectivity index (χ4n) is 3.71. The predicted octanol–water partition coefficient (Wildman–Crippen LogP) is 4.17. The summed E-state index contributed by atoms with van der Waals surface area (Å²) in [7, 11) is 0. The van der Waals surface area contributed by atoms with Crippen molar-refractivity contribution in [2.75, 3.05) is 24.5 Å². The average molecular weight is 361 g/mol. The largest absolute Gasteiger partial charge is 0.357 e. The number of anilines is 1. The van der Waals surface area contributed by atoms with Gasteiger partial charge in [0.05, 0.1) is 10.3 Å². The van der Waals surface area contributed by atoms with Crippen molar-refractivity contribution in [1.29, 1.82) is 0 Å². The number of hydrogen-bond donors (Lipinski definition) is 0. The summed E-state index contributed by atoms with van der Waals surface area (Å²) in [6.45, 7) is 13.0. The number of amides is 1. The van der Waals surface area contributed by atoms with E-state index in [0.717, 1.165) is 64.8 Å². The molecule has 1 aliphatic rings. The number of aryl methyl sites for hydroxylation is 2. The molecule has 0 N–H and O–H groups in total. The Kier molecular flexibility index (Phi) is 5.27. The first kappa shape index (κ1) is 18.1. The summed E-state index contributed by atoms with van der Waals surface area (Å²) in [4.78, 5) is 28.6. The minimum Gasteiger partial charge on any atom is -0.357 e. The second-order valence-electron chi connectivity index (χ2n) is 6.85. The van der Waals surface area contributed by atoms with Crippen LogP contribution in [0.1, 0.15) is 61.1 Å². The van der Waals surface area contributed by atoms with E-state index < -0.39 is 0 Å². The molecular formula is C19H28N4OS. The van der Waals surface area contributed by atoms with Gasteiger partial charge in [0.15, 0.2) is 0 Å². The molecule has 3 rings (SSSR count). The van der Waals surface area contributed by atoms with E-state index in [9.17, 15) is 4.79 Å². The fraction of sp³-hybridized carbons (Fsp3) is 0.632. The number of rotatable bonds is 4. The molecule has 0 saturated carbocycles. The highest BCUT2D eigenvalue weighted by Crippen LogP contribution is 2.36. The molecule has 0 spiro atoms. The summed E-state index contributed by atoms with van der Waals surface area (Å²) in [5.74, 6) is 1.89. The SMILES string of the molecule is CCN(CC)c1nc(C)nc2sc(C(=O)N3CCCCC3C)c(C)c12. The highest BCUT2D eigenvalue weighted by atomic mass is 32.1. The van der Waals surface area contributed by atoms with Crippen LogP contribution < -0.4 is 4.90 Å². The van der Waals surface area contributed by atoms with Gasteiger partial charge in [0.25, 0.3) is 5.91 Å². The van der Waals surface area contributed by atoms with Crippen LogP contribution in [0.15, 0.2) is 0 Å². The van der Waals surface area contributed by atoms with E-state index in [2.05, 4.69) is 30.7 Å². The van der Waals surface area contributed by atoms with Crippen LogP contribution in [0.3, 0.4) is 0 Å². The molecule has 1 saturated heterocycles. The van der Waals surface area contributed by atoms with Gasteiger partial charge >= 0.3 is 0 Å². The van der Waals surface area contributed by atoms with E-state index >= 15 is 0 Å². The molecule has 136 valence electrons. The zero-order valence-electron chi connectivity index (χ0n) is 15.9. The summed E-state index contributed by atoms with van der Waals surface area (Å²) in [6, 6.07) is 0.320. The Morgan fingerprint density at radius 2 is 1.96 bits per heavy atom. The van der Waals surface area contributed by atoms with E-state index in [-0.39, 0.29) is 5.91 Å². The van der Waals surface area contributed by atoms with Gasteiger partial charge in [-0.25, -0.2) is 9.97 Å². The molecule has 0 aromatic carbocycles. The first-order valence-electron chi connectivity index (χ1n) is 9.31. The number of likely N-dealkylation sites (tertiary alicyclic amines) is 1. The third-order valence-corrected chi connectivity index (χ3v) is 6.38. The molecule has 3 heterocycles. The molecule has 0 bridgehead atoms. The lowest BCUT2D eigenvalue weighted by molar-refractivity contribution is 0.0640. The molecule has 6 heteroatoms. The lowest BCUT2D eigenvalue weighted by Crippen LogP contribution is -2.41. The predicted molar refractivity (Wildman–Crippen MR) is 105 cm³/mol. The average Bonchev–Trinajstić information content (AvgIpc) is 2.92. The van der Waals surface area contributed by atoms with Crippen LogP contribution in [-0.2, 0) is 0 Å². The van der Waals surface area contributed by atoms with Crippen molar-refractivity contribution in [3.05, 3.63) is 16.3 Å². The van der Waals surface area contributed by atoms with Crippen LogP contribution in [0.5, 0.6) is 0 Å². The lowest BCUT2D eigenvalue weighted by Gasteiger charge is -2.33. The number of piperidine rings is 1. The molecule has 1 amide bonds. The second kappa shape index (κ2) is 7.28.